The van der Waals surface area contributed by atoms with Crippen LogP contribution >= 0.6 is 0 Å². The molecule has 4 aromatic rings. The molecule has 0 spiro atoms. The standard InChI is InChI=1S/C25H17F7N6/c26-18-6-9-20(22(27)11-18)21(13-38-15-35-36-37-38)25(31,32)23-10-5-17(12-33-23)2-1-16-3-7-19(8-4-16)34-14-24(28,29)30/h3-12,15,21,34H,13-14H2. The number of pyridine rings is 1. The Balaban J connectivity index is 1.53. The number of halogens is 7. The maximum atomic E-state index is 15.6. The van der Waals surface area contributed by atoms with Crippen LogP contribution in [0.1, 0.15) is 28.3 Å². The maximum Gasteiger partial charge on any atom is 0.405 e. The lowest BCUT2D eigenvalue weighted by Crippen LogP contribution is -2.30. The zero-order valence-corrected chi connectivity index (χ0v) is 19.2. The fourth-order valence-corrected chi connectivity index (χ4v) is 3.50. The van der Waals surface area contributed by atoms with Crippen LogP contribution in [0.25, 0.3) is 0 Å². The highest BCUT2D eigenvalue weighted by Gasteiger charge is 2.45. The zero-order valence-electron chi connectivity index (χ0n) is 19.2. The number of nitrogens with one attached hydrogen (secondary N) is 1. The van der Waals surface area contributed by atoms with Crippen LogP contribution in [-0.4, -0.2) is 37.9 Å². The molecule has 0 aliphatic rings. The van der Waals surface area contributed by atoms with E-state index in [4.69, 9.17) is 0 Å². The number of hydrogen-bond acceptors (Lipinski definition) is 5. The Morgan fingerprint density at radius 3 is 2.21 bits per heavy atom. The fourth-order valence-electron chi connectivity index (χ4n) is 3.50. The number of benzene rings is 2. The number of nitrogens with zero attached hydrogens (tertiary/aromatic N) is 5. The van der Waals surface area contributed by atoms with Crippen molar-refractivity contribution in [1.82, 2.24) is 25.2 Å². The lowest BCUT2D eigenvalue weighted by atomic mass is 9.89. The van der Waals surface area contributed by atoms with Crippen LogP contribution in [0.5, 0.6) is 0 Å². The van der Waals surface area contributed by atoms with E-state index in [2.05, 4.69) is 37.7 Å². The highest BCUT2D eigenvalue weighted by molar-refractivity contribution is 5.50. The monoisotopic (exact) mass is 534 g/mol. The molecule has 1 N–H and O–H groups in total. The van der Waals surface area contributed by atoms with Crippen molar-refractivity contribution in [2.24, 2.45) is 0 Å². The van der Waals surface area contributed by atoms with Crippen molar-refractivity contribution in [3.8, 4) is 11.8 Å². The third kappa shape index (κ3) is 6.64. The highest BCUT2D eigenvalue weighted by atomic mass is 19.4. The molecule has 2 heterocycles. The second-order valence-corrected chi connectivity index (χ2v) is 8.10. The van der Waals surface area contributed by atoms with Gasteiger partial charge in [-0.2, -0.15) is 22.0 Å². The largest absolute Gasteiger partial charge is 0.405 e. The molecule has 0 fully saturated rings. The molecular weight excluding hydrogens is 517 g/mol. The van der Waals surface area contributed by atoms with Crippen molar-refractivity contribution in [2.75, 3.05) is 11.9 Å². The van der Waals surface area contributed by atoms with Gasteiger partial charge in [-0.1, -0.05) is 17.9 Å². The van der Waals surface area contributed by atoms with Crippen molar-refractivity contribution >= 4 is 5.69 Å². The van der Waals surface area contributed by atoms with E-state index < -0.39 is 54.0 Å². The van der Waals surface area contributed by atoms with Crippen molar-refractivity contribution < 1.29 is 30.7 Å². The summed E-state index contributed by atoms with van der Waals surface area (Å²) < 4.78 is 97.1. The topological polar surface area (TPSA) is 68.5 Å². The summed E-state index contributed by atoms with van der Waals surface area (Å²) in [6.45, 7) is -1.69. The number of rotatable bonds is 7. The van der Waals surface area contributed by atoms with Gasteiger partial charge in [-0.05, 0) is 58.5 Å². The van der Waals surface area contributed by atoms with Crippen molar-refractivity contribution in [2.45, 2.75) is 24.6 Å². The first-order valence-electron chi connectivity index (χ1n) is 10.9. The minimum Gasteiger partial charge on any atom is -0.376 e. The van der Waals surface area contributed by atoms with Gasteiger partial charge in [0, 0.05) is 29.1 Å². The molecule has 6 nitrogen and oxygen atoms in total. The van der Waals surface area contributed by atoms with E-state index in [9.17, 15) is 22.0 Å². The summed E-state index contributed by atoms with van der Waals surface area (Å²) in [6, 6.07) is 10.5. The van der Waals surface area contributed by atoms with E-state index in [1.165, 1.54) is 30.3 Å². The molecule has 0 radical (unpaired) electrons. The molecule has 0 saturated carbocycles. The lowest BCUT2D eigenvalue weighted by Gasteiger charge is -2.27. The average molecular weight is 534 g/mol. The van der Waals surface area contributed by atoms with Gasteiger partial charge in [0.1, 0.15) is 30.2 Å². The Morgan fingerprint density at radius 1 is 0.895 bits per heavy atom. The molecule has 38 heavy (non-hydrogen) atoms. The summed E-state index contributed by atoms with van der Waals surface area (Å²) in [6.07, 6.45) is -2.14. The Hall–Kier alpha value is -4.47. The smallest absolute Gasteiger partial charge is 0.376 e. The van der Waals surface area contributed by atoms with Gasteiger partial charge in [0.05, 0.1) is 12.5 Å². The summed E-state index contributed by atoms with van der Waals surface area (Å²) in [5.74, 6) is -2.08. The van der Waals surface area contributed by atoms with Crippen molar-refractivity contribution in [1.29, 1.82) is 0 Å². The lowest BCUT2D eigenvalue weighted by molar-refractivity contribution is -0.115. The maximum absolute atomic E-state index is 15.6. The molecule has 2 aromatic carbocycles. The molecule has 0 saturated heterocycles. The van der Waals surface area contributed by atoms with E-state index in [0.717, 1.165) is 35.4 Å². The van der Waals surface area contributed by atoms with Crippen LogP contribution < -0.4 is 5.32 Å². The van der Waals surface area contributed by atoms with Gasteiger partial charge in [0.15, 0.2) is 0 Å². The molecule has 13 heteroatoms. The molecule has 1 atom stereocenters. The van der Waals surface area contributed by atoms with Crippen LogP contribution in [0, 0.1) is 23.5 Å². The quantitative estimate of drug-likeness (QED) is 0.258. The predicted octanol–water partition coefficient (Wildman–Crippen LogP) is 5.30. The van der Waals surface area contributed by atoms with Gasteiger partial charge in [-0.25, -0.2) is 13.5 Å². The molecule has 2 aromatic heterocycles. The number of tetrazole rings is 1. The number of aromatic nitrogens is 5. The summed E-state index contributed by atoms with van der Waals surface area (Å²) in [5, 5.41) is 12.6. The molecule has 0 amide bonds. The molecule has 196 valence electrons. The summed E-state index contributed by atoms with van der Waals surface area (Å²) >= 11 is 0. The van der Waals surface area contributed by atoms with Crippen LogP contribution in [0.4, 0.5) is 36.4 Å². The number of anilines is 1. The second kappa shape index (κ2) is 10.9. The first-order chi connectivity index (χ1) is 18.0. The minimum atomic E-state index is -4.35. The molecule has 1 unspecified atom stereocenters. The minimum absolute atomic E-state index is 0.259. The highest BCUT2D eigenvalue weighted by Crippen LogP contribution is 2.43. The third-order valence-electron chi connectivity index (χ3n) is 5.37. The average Bonchev–Trinajstić information content (AvgIpc) is 3.39. The summed E-state index contributed by atoms with van der Waals surface area (Å²) in [5.41, 5.74) is -0.0929. The molecule has 0 aliphatic heterocycles. The van der Waals surface area contributed by atoms with Gasteiger partial charge >= 0.3 is 6.18 Å². The predicted molar refractivity (Wildman–Crippen MR) is 122 cm³/mol. The fraction of sp³-hybridized carbons (Fsp3) is 0.200. The first-order valence-corrected chi connectivity index (χ1v) is 10.9. The van der Waals surface area contributed by atoms with Crippen LogP contribution in [0.2, 0.25) is 0 Å². The Labute approximate surface area is 211 Å². The van der Waals surface area contributed by atoms with Gasteiger partial charge < -0.3 is 5.32 Å². The normalized spacial score (nSPS) is 12.5. The van der Waals surface area contributed by atoms with E-state index in [-0.39, 0.29) is 11.3 Å². The van der Waals surface area contributed by atoms with Crippen LogP contribution in [0.3, 0.4) is 0 Å². The molecule has 4 rings (SSSR count). The van der Waals surface area contributed by atoms with Gasteiger partial charge in [0.2, 0.25) is 0 Å². The zero-order chi connectivity index (χ0) is 27.3. The number of hydrogen-bond donors (Lipinski definition) is 1. The Kier molecular flexibility index (Phi) is 7.61. The molecular formula is C25H17F7N6. The van der Waals surface area contributed by atoms with Crippen molar-refractivity contribution in [3.05, 3.63) is 101 Å². The van der Waals surface area contributed by atoms with E-state index in [1.54, 1.807) is 0 Å². The molecule has 0 aliphatic carbocycles. The summed E-state index contributed by atoms with van der Waals surface area (Å²) in [7, 11) is 0. The first kappa shape index (κ1) is 26.6. The van der Waals surface area contributed by atoms with E-state index in [1.807, 2.05) is 0 Å². The SMILES string of the molecule is Fc1ccc(C(Cn2cnnn2)C(F)(F)c2ccc(C#Cc3ccc(NCC(F)(F)F)cc3)cn2)c(F)c1. The second-order valence-electron chi connectivity index (χ2n) is 8.10. The summed E-state index contributed by atoms with van der Waals surface area (Å²) in [4.78, 5) is 3.82. The Morgan fingerprint density at radius 2 is 1.61 bits per heavy atom. The Bertz CT molecular complexity index is 1420. The van der Waals surface area contributed by atoms with E-state index >= 15 is 8.78 Å². The van der Waals surface area contributed by atoms with Crippen LogP contribution in [0.15, 0.2) is 67.1 Å². The van der Waals surface area contributed by atoms with Gasteiger partial charge in [0.25, 0.3) is 5.92 Å². The van der Waals surface area contributed by atoms with Crippen molar-refractivity contribution in [3.63, 3.8) is 0 Å². The van der Waals surface area contributed by atoms with Crippen LogP contribution in [-0.2, 0) is 12.5 Å². The number of alkyl halides is 5. The van der Waals surface area contributed by atoms with Gasteiger partial charge in [-0.15, -0.1) is 5.10 Å². The molecule has 0 bridgehead atoms. The van der Waals surface area contributed by atoms with Gasteiger partial charge in [-0.3, -0.25) is 4.98 Å². The van der Waals surface area contributed by atoms with E-state index in [0.29, 0.717) is 11.6 Å². The third-order valence-corrected chi connectivity index (χ3v) is 5.37.